The minimum Gasteiger partial charge on any atom is -0.393 e. The maximum Gasteiger partial charge on any atom is 0.472 e. The summed E-state index contributed by atoms with van der Waals surface area (Å²) in [6, 6.07) is -1.26. The van der Waals surface area contributed by atoms with Crippen LogP contribution in [-0.2, 0) is 18.4 Å². The van der Waals surface area contributed by atoms with Crippen LogP contribution in [0.25, 0.3) is 0 Å². The van der Waals surface area contributed by atoms with E-state index in [2.05, 4.69) is 55.6 Å². The topological polar surface area (TPSA) is 226 Å². The molecule has 1 amide bonds. The summed E-state index contributed by atoms with van der Waals surface area (Å²) in [6.07, 6.45) is 27.7. The van der Waals surface area contributed by atoms with Crippen LogP contribution >= 0.6 is 7.82 Å². The van der Waals surface area contributed by atoms with Gasteiger partial charge in [0, 0.05) is 0 Å². The number of phosphoric ester groups is 1. The Morgan fingerprint density at radius 1 is 0.600 bits per heavy atom. The van der Waals surface area contributed by atoms with Gasteiger partial charge >= 0.3 is 7.82 Å². The van der Waals surface area contributed by atoms with Crippen molar-refractivity contribution in [3.05, 3.63) is 48.6 Å². The van der Waals surface area contributed by atoms with Gasteiger partial charge in [0.2, 0.25) is 5.91 Å². The van der Waals surface area contributed by atoms with E-state index in [1.54, 1.807) is 6.08 Å². The molecule has 0 aromatic carbocycles. The molecule has 1 fully saturated rings. The molecule has 60 heavy (non-hydrogen) atoms. The average molecular weight is 874 g/mol. The smallest absolute Gasteiger partial charge is 0.393 e. The summed E-state index contributed by atoms with van der Waals surface area (Å²) in [5.41, 5.74) is 0. The number of allylic oxidation sites excluding steroid dienone is 7. The van der Waals surface area contributed by atoms with Crippen molar-refractivity contribution in [1.82, 2.24) is 5.32 Å². The van der Waals surface area contributed by atoms with Crippen molar-refractivity contribution in [2.75, 3.05) is 6.61 Å². The van der Waals surface area contributed by atoms with Gasteiger partial charge in [-0.3, -0.25) is 13.8 Å². The predicted octanol–water partition coefficient (Wildman–Crippen LogP) is 7.53. The lowest BCUT2D eigenvalue weighted by atomic mass is 9.85. The van der Waals surface area contributed by atoms with Crippen molar-refractivity contribution in [1.29, 1.82) is 0 Å². The number of hydrogen-bond donors (Lipinski definition) is 9. The monoisotopic (exact) mass is 874 g/mol. The van der Waals surface area contributed by atoms with E-state index in [4.69, 9.17) is 9.05 Å². The van der Waals surface area contributed by atoms with E-state index in [9.17, 15) is 50.0 Å². The molecule has 1 saturated carbocycles. The Morgan fingerprint density at radius 3 is 1.60 bits per heavy atom. The number of hydrogen-bond acceptors (Lipinski definition) is 11. The van der Waals surface area contributed by atoms with Crippen molar-refractivity contribution in [3.63, 3.8) is 0 Å². The first kappa shape index (κ1) is 56.3. The SMILES string of the molecule is CCCCC/C=C\C=C/CCCCCCC(O)CC(=O)NC(COP(=O)(O)OC1C(O)C(O)C(O)C(O)C1O)C(O)/C=C/CC/C=C/CCCCCCCCCCCCC. The fourth-order valence-electron chi connectivity index (χ4n) is 7.07. The lowest BCUT2D eigenvalue weighted by molar-refractivity contribution is -0.220. The van der Waals surface area contributed by atoms with Gasteiger partial charge in [-0.05, 0) is 57.8 Å². The van der Waals surface area contributed by atoms with Gasteiger partial charge in [-0.2, -0.15) is 0 Å². The molecule has 14 heteroatoms. The molecule has 0 radical (unpaired) electrons. The van der Waals surface area contributed by atoms with Crippen LogP contribution < -0.4 is 5.32 Å². The molecule has 1 aliphatic rings. The molecule has 0 aliphatic heterocycles. The van der Waals surface area contributed by atoms with Gasteiger partial charge < -0.3 is 46.0 Å². The first-order chi connectivity index (χ1) is 28.8. The Hall–Kier alpha value is -1.74. The maximum absolute atomic E-state index is 13.0. The molecular formula is C46H84NO12P. The normalized spacial score (nSPS) is 23.8. The fraction of sp³-hybridized carbons (Fsp3) is 0.804. The van der Waals surface area contributed by atoms with Crippen LogP contribution in [0.2, 0.25) is 0 Å². The van der Waals surface area contributed by atoms with E-state index in [1.165, 1.54) is 89.5 Å². The van der Waals surface area contributed by atoms with Crippen molar-refractivity contribution < 1.29 is 59.0 Å². The third-order valence-electron chi connectivity index (χ3n) is 10.9. The molecule has 8 atom stereocenters. The summed E-state index contributed by atoms with van der Waals surface area (Å²) in [6.45, 7) is 3.68. The van der Waals surface area contributed by atoms with Gasteiger partial charge in [0.05, 0.1) is 31.3 Å². The third kappa shape index (κ3) is 27.3. The Labute approximate surface area is 361 Å². The maximum atomic E-state index is 13.0. The number of carbonyl (C=O) groups excluding carboxylic acids is 1. The van der Waals surface area contributed by atoms with Gasteiger partial charge in [0.1, 0.15) is 36.6 Å². The molecule has 0 heterocycles. The summed E-state index contributed by atoms with van der Waals surface area (Å²) in [5, 5.41) is 74.4. The lowest BCUT2D eigenvalue weighted by Crippen LogP contribution is -2.64. The zero-order valence-corrected chi connectivity index (χ0v) is 37.8. The van der Waals surface area contributed by atoms with E-state index in [-0.39, 0.29) is 6.42 Å². The first-order valence-electron chi connectivity index (χ1n) is 23.2. The van der Waals surface area contributed by atoms with Crippen LogP contribution in [0.4, 0.5) is 0 Å². The molecule has 350 valence electrons. The van der Waals surface area contributed by atoms with Crippen LogP contribution in [0.5, 0.6) is 0 Å². The summed E-state index contributed by atoms with van der Waals surface area (Å²) in [5.74, 6) is -0.617. The Morgan fingerprint density at radius 2 is 1.03 bits per heavy atom. The van der Waals surface area contributed by atoms with Crippen molar-refractivity contribution in [3.8, 4) is 0 Å². The highest BCUT2D eigenvalue weighted by Crippen LogP contribution is 2.47. The number of rotatable bonds is 37. The van der Waals surface area contributed by atoms with Crippen molar-refractivity contribution in [2.24, 2.45) is 0 Å². The number of unbranched alkanes of at least 4 members (excludes halogenated alkanes) is 19. The lowest BCUT2D eigenvalue weighted by Gasteiger charge is -2.41. The zero-order chi connectivity index (χ0) is 44.4. The Kier molecular flexibility index (Phi) is 33.5. The summed E-state index contributed by atoms with van der Waals surface area (Å²) in [7, 11) is -5.15. The third-order valence-corrected chi connectivity index (χ3v) is 11.9. The highest BCUT2D eigenvalue weighted by atomic mass is 31.2. The molecule has 0 saturated heterocycles. The van der Waals surface area contributed by atoms with E-state index in [1.807, 2.05) is 0 Å². The number of carbonyl (C=O) groups is 1. The quantitative estimate of drug-likeness (QED) is 0.0128. The molecule has 13 nitrogen and oxygen atoms in total. The van der Waals surface area contributed by atoms with Gasteiger partial charge in [0.15, 0.2) is 0 Å². The largest absolute Gasteiger partial charge is 0.472 e. The van der Waals surface area contributed by atoms with Gasteiger partial charge in [0.25, 0.3) is 0 Å². The average Bonchev–Trinajstić information content (AvgIpc) is 3.22. The van der Waals surface area contributed by atoms with Gasteiger partial charge in [-0.15, -0.1) is 0 Å². The van der Waals surface area contributed by atoms with E-state index in [0.717, 1.165) is 57.8 Å². The molecule has 0 bridgehead atoms. The van der Waals surface area contributed by atoms with Gasteiger partial charge in [-0.25, -0.2) is 4.57 Å². The summed E-state index contributed by atoms with van der Waals surface area (Å²) >= 11 is 0. The van der Waals surface area contributed by atoms with Crippen LogP contribution in [0, 0.1) is 0 Å². The molecule has 1 aliphatic carbocycles. The number of aliphatic hydroxyl groups is 7. The number of nitrogens with one attached hydrogen (secondary N) is 1. The van der Waals surface area contributed by atoms with Crippen LogP contribution in [0.15, 0.2) is 48.6 Å². The highest BCUT2D eigenvalue weighted by Gasteiger charge is 2.51. The summed E-state index contributed by atoms with van der Waals surface area (Å²) < 4.78 is 22.8. The molecule has 9 N–H and O–H groups in total. The summed E-state index contributed by atoms with van der Waals surface area (Å²) in [4.78, 5) is 23.4. The molecule has 0 aromatic heterocycles. The molecule has 0 spiro atoms. The van der Waals surface area contributed by atoms with Crippen LogP contribution in [-0.4, -0.2) is 108 Å². The van der Waals surface area contributed by atoms with Gasteiger partial charge in [-0.1, -0.05) is 159 Å². The number of phosphoric acid groups is 1. The first-order valence-corrected chi connectivity index (χ1v) is 24.7. The van der Waals surface area contributed by atoms with Crippen molar-refractivity contribution >= 4 is 13.7 Å². The van der Waals surface area contributed by atoms with Crippen LogP contribution in [0.3, 0.4) is 0 Å². The molecule has 8 unspecified atom stereocenters. The minimum atomic E-state index is -5.15. The molecule has 0 aromatic rings. The fourth-order valence-corrected chi connectivity index (χ4v) is 8.04. The highest BCUT2D eigenvalue weighted by molar-refractivity contribution is 7.47. The second-order valence-electron chi connectivity index (χ2n) is 16.5. The Bertz CT molecular complexity index is 1220. The second kappa shape index (κ2) is 35.7. The minimum absolute atomic E-state index is 0.268. The molecular weight excluding hydrogens is 789 g/mol. The molecule has 1 rings (SSSR count). The van der Waals surface area contributed by atoms with Crippen molar-refractivity contribution in [2.45, 2.75) is 229 Å². The van der Waals surface area contributed by atoms with E-state index in [0.29, 0.717) is 12.8 Å². The number of amides is 1. The zero-order valence-electron chi connectivity index (χ0n) is 36.9. The number of aliphatic hydroxyl groups excluding tert-OH is 7. The van der Waals surface area contributed by atoms with Crippen LogP contribution in [0.1, 0.15) is 174 Å². The van der Waals surface area contributed by atoms with E-state index >= 15 is 0 Å². The Balaban J connectivity index is 2.61. The van der Waals surface area contributed by atoms with E-state index < -0.39 is 75.2 Å². The predicted molar refractivity (Wildman–Crippen MR) is 238 cm³/mol. The standard InChI is InChI=1S/C46H84NO12P/c1-3-5-7-9-11-13-15-17-18-19-20-22-24-26-28-30-32-34-39(49)38(36-58-60(56,57)59-46-44(54)42(52)41(51)43(53)45(46)55)47-40(50)35-37(48)33-31-29-27-25-23-21-16-14-12-10-8-6-4-2/h12,14,16,21,24,26,32,34,37-39,41-46,48-49,51-55H,3-11,13,15,17-20,22-23,25,27-31,33,35-36H2,1-2H3,(H,47,50)(H,56,57)/b14-12-,21-16-,26-24+,34-32+. The second-order valence-corrected chi connectivity index (χ2v) is 17.9.